The van der Waals surface area contributed by atoms with Crippen LogP contribution in [0.1, 0.15) is 0 Å². The van der Waals surface area contributed by atoms with Gasteiger partial charge >= 0.3 is 0 Å². The minimum atomic E-state index is -0.201. The highest BCUT2D eigenvalue weighted by atomic mass is 16.2. The Bertz CT molecular complexity index is 295. The number of fused-ring (bicyclic) bond motifs is 1. The Morgan fingerprint density at radius 3 is 2.67 bits per heavy atom. The molecule has 2 rings (SSSR count). The third-order valence-corrected chi connectivity index (χ3v) is 2.40. The van der Waals surface area contributed by atoms with Crippen LogP contribution in [0.3, 0.4) is 0 Å². The molecule has 1 fully saturated rings. The van der Waals surface area contributed by atoms with E-state index in [0.717, 1.165) is 0 Å². The van der Waals surface area contributed by atoms with Gasteiger partial charge in [-0.3, -0.25) is 9.59 Å². The zero-order chi connectivity index (χ0) is 8.88. The average molecular weight is 166 g/mol. The first-order valence-corrected chi connectivity index (χ1v) is 3.85. The van der Waals surface area contributed by atoms with Gasteiger partial charge in [0.1, 0.15) is 0 Å². The minimum absolute atomic E-state index is 0.0160. The molecule has 4 heteroatoms. The summed E-state index contributed by atoms with van der Waals surface area (Å²) in [5.74, 6) is -0.187. The molecule has 4 nitrogen and oxygen atoms in total. The van der Waals surface area contributed by atoms with E-state index >= 15 is 0 Å². The number of amides is 2. The second kappa shape index (κ2) is 2.09. The van der Waals surface area contributed by atoms with Crippen molar-refractivity contribution in [2.45, 2.75) is 0 Å². The normalized spacial score (nSPS) is 28.2. The van der Waals surface area contributed by atoms with Gasteiger partial charge in [-0.25, -0.2) is 0 Å². The standard InChI is InChI=1S/C8H10N2O2/c1-9-3-5-6(7(9)11)4-10(2)8(5)12/h3,6H,4H2,1-2H3. The van der Waals surface area contributed by atoms with Gasteiger partial charge in [-0.15, -0.1) is 0 Å². The molecule has 0 aromatic carbocycles. The van der Waals surface area contributed by atoms with Gasteiger partial charge in [0.2, 0.25) is 5.91 Å². The van der Waals surface area contributed by atoms with Crippen molar-refractivity contribution in [2.24, 2.45) is 5.92 Å². The van der Waals surface area contributed by atoms with Gasteiger partial charge in [0.25, 0.3) is 5.91 Å². The Morgan fingerprint density at radius 1 is 1.42 bits per heavy atom. The van der Waals surface area contributed by atoms with Crippen molar-refractivity contribution < 1.29 is 9.59 Å². The summed E-state index contributed by atoms with van der Waals surface area (Å²) >= 11 is 0. The number of hydrogen-bond acceptors (Lipinski definition) is 2. The number of rotatable bonds is 0. The van der Waals surface area contributed by atoms with Crippen molar-refractivity contribution in [1.29, 1.82) is 0 Å². The summed E-state index contributed by atoms with van der Waals surface area (Å²) < 4.78 is 0. The van der Waals surface area contributed by atoms with Crippen molar-refractivity contribution in [1.82, 2.24) is 9.80 Å². The van der Waals surface area contributed by atoms with E-state index in [1.807, 2.05) is 0 Å². The number of nitrogens with zero attached hydrogens (tertiary/aromatic N) is 2. The van der Waals surface area contributed by atoms with E-state index in [1.54, 1.807) is 25.2 Å². The summed E-state index contributed by atoms with van der Waals surface area (Å²) in [6.07, 6.45) is 1.64. The van der Waals surface area contributed by atoms with Gasteiger partial charge in [-0.05, 0) is 0 Å². The zero-order valence-corrected chi connectivity index (χ0v) is 7.07. The highest BCUT2D eigenvalue weighted by Crippen LogP contribution is 2.29. The van der Waals surface area contributed by atoms with E-state index in [-0.39, 0.29) is 17.7 Å². The van der Waals surface area contributed by atoms with Gasteiger partial charge in [0, 0.05) is 32.4 Å². The molecule has 1 atom stereocenters. The van der Waals surface area contributed by atoms with Crippen LogP contribution in [0.25, 0.3) is 0 Å². The van der Waals surface area contributed by atoms with E-state index in [0.29, 0.717) is 12.1 Å². The van der Waals surface area contributed by atoms with Crippen LogP contribution >= 0.6 is 0 Å². The lowest BCUT2D eigenvalue weighted by atomic mass is 10.1. The molecule has 0 spiro atoms. The maximum absolute atomic E-state index is 11.4. The summed E-state index contributed by atoms with van der Waals surface area (Å²) in [5, 5.41) is 0. The Kier molecular flexibility index (Phi) is 1.28. The van der Waals surface area contributed by atoms with Gasteiger partial charge < -0.3 is 9.80 Å². The lowest BCUT2D eigenvalue weighted by Gasteiger charge is -2.11. The zero-order valence-electron chi connectivity index (χ0n) is 7.07. The number of hydrogen-bond donors (Lipinski definition) is 0. The number of likely N-dealkylation sites (tertiary alicyclic amines) is 1. The molecule has 1 saturated heterocycles. The molecule has 0 bridgehead atoms. The van der Waals surface area contributed by atoms with Gasteiger partial charge in [0.05, 0.1) is 5.92 Å². The van der Waals surface area contributed by atoms with Crippen LogP contribution in [0, 0.1) is 5.92 Å². The Labute approximate surface area is 70.4 Å². The molecule has 2 aliphatic heterocycles. The number of likely N-dealkylation sites (N-methyl/N-ethyl adjacent to an activating group) is 1. The quantitative estimate of drug-likeness (QED) is 0.483. The van der Waals surface area contributed by atoms with Crippen molar-refractivity contribution in [3.63, 3.8) is 0 Å². The maximum atomic E-state index is 11.4. The fourth-order valence-corrected chi connectivity index (χ4v) is 1.70. The second-order valence-corrected chi connectivity index (χ2v) is 3.27. The van der Waals surface area contributed by atoms with Crippen molar-refractivity contribution in [3.8, 4) is 0 Å². The predicted molar refractivity (Wildman–Crippen MR) is 42.0 cm³/mol. The molecule has 0 radical (unpaired) electrons. The van der Waals surface area contributed by atoms with Gasteiger partial charge in [-0.2, -0.15) is 0 Å². The van der Waals surface area contributed by atoms with Crippen LogP contribution in [0.5, 0.6) is 0 Å². The van der Waals surface area contributed by atoms with E-state index in [1.165, 1.54) is 4.90 Å². The SMILES string of the molecule is CN1C=C2C(=O)N(C)CC2C1=O. The van der Waals surface area contributed by atoms with Crippen LogP contribution in [0.2, 0.25) is 0 Å². The topological polar surface area (TPSA) is 40.6 Å². The van der Waals surface area contributed by atoms with E-state index in [2.05, 4.69) is 0 Å². The Morgan fingerprint density at radius 2 is 2.08 bits per heavy atom. The fraction of sp³-hybridized carbons (Fsp3) is 0.500. The lowest BCUT2D eigenvalue weighted by Crippen LogP contribution is -2.27. The van der Waals surface area contributed by atoms with Gasteiger partial charge in [0.15, 0.2) is 0 Å². The smallest absolute Gasteiger partial charge is 0.251 e. The van der Waals surface area contributed by atoms with E-state index in [9.17, 15) is 9.59 Å². The van der Waals surface area contributed by atoms with Crippen LogP contribution < -0.4 is 0 Å². The highest BCUT2D eigenvalue weighted by Gasteiger charge is 2.43. The van der Waals surface area contributed by atoms with E-state index < -0.39 is 0 Å². The van der Waals surface area contributed by atoms with Crippen LogP contribution in [-0.2, 0) is 9.59 Å². The lowest BCUT2D eigenvalue weighted by molar-refractivity contribution is -0.128. The van der Waals surface area contributed by atoms with E-state index in [4.69, 9.17) is 0 Å². The van der Waals surface area contributed by atoms with Crippen LogP contribution in [-0.4, -0.2) is 42.3 Å². The maximum Gasteiger partial charge on any atom is 0.251 e. The number of carbonyl (C=O) groups excluding carboxylic acids is 2. The Balaban J connectivity index is 2.38. The van der Waals surface area contributed by atoms with Gasteiger partial charge in [-0.1, -0.05) is 0 Å². The summed E-state index contributed by atoms with van der Waals surface area (Å²) in [5.41, 5.74) is 0.644. The highest BCUT2D eigenvalue weighted by molar-refractivity contribution is 6.06. The molecule has 0 aliphatic carbocycles. The first-order chi connectivity index (χ1) is 5.61. The molecule has 0 N–H and O–H groups in total. The molecule has 2 aliphatic rings. The fourth-order valence-electron chi connectivity index (χ4n) is 1.70. The molecular formula is C8H10N2O2. The molecule has 1 unspecified atom stereocenters. The summed E-state index contributed by atoms with van der Waals surface area (Å²) in [4.78, 5) is 25.8. The average Bonchev–Trinajstić information content (AvgIpc) is 2.43. The monoisotopic (exact) mass is 166 g/mol. The van der Waals surface area contributed by atoms with Crippen molar-refractivity contribution >= 4 is 11.8 Å². The van der Waals surface area contributed by atoms with Crippen LogP contribution in [0.4, 0.5) is 0 Å². The summed E-state index contributed by atoms with van der Waals surface area (Å²) in [7, 11) is 3.40. The third kappa shape index (κ3) is 0.719. The molecule has 0 aromatic rings. The molecule has 0 aromatic heterocycles. The molecule has 64 valence electrons. The molecular weight excluding hydrogens is 156 g/mol. The Hall–Kier alpha value is -1.32. The van der Waals surface area contributed by atoms with Crippen molar-refractivity contribution in [2.75, 3.05) is 20.6 Å². The third-order valence-electron chi connectivity index (χ3n) is 2.40. The largest absolute Gasteiger partial charge is 0.341 e. The predicted octanol–water partition coefficient (Wildman–Crippen LogP) is -0.570. The summed E-state index contributed by atoms with van der Waals surface area (Å²) in [6, 6.07) is 0. The van der Waals surface area contributed by atoms with Crippen LogP contribution in [0.15, 0.2) is 11.8 Å². The minimum Gasteiger partial charge on any atom is -0.341 e. The number of carbonyl (C=O) groups is 2. The first-order valence-electron chi connectivity index (χ1n) is 3.85. The molecule has 12 heavy (non-hydrogen) atoms. The molecule has 2 heterocycles. The summed E-state index contributed by atoms with van der Waals surface area (Å²) in [6.45, 7) is 0.536. The second-order valence-electron chi connectivity index (χ2n) is 3.27. The molecule has 0 saturated carbocycles. The first kappa shape index (κ1) is 7.34. The molecule has 2 amide bonds. The van der Waals surface area contributed by atoms with Crippen molar-refractivity contribution in [3.05, 3.63) is 11.8 Å².